The van der Waals surface area contributed by atoms with Crippen molar-refractivity contribution in [1.29, 1.82) is 0 Å². The molecule has 0 saturated heterocycles. The standard InChI is InChI=1S/C24H34N4O3/c1-5-26-24(28-15-20-9-6-18(4)14-22(20)31-17(2)3)27-13-12-19-7-10-21(11-8-19)30-16-23(25)29/h6-11,14,17H,5,12-13,15-16H2,1-4H3,(H2,25,29)(H2,26,27,28). The molecular formula is C24H34N4O3. The van der Waals surface area contributed by atoms with Crippen molar-refractivity contribution in [2.75, 3.05) is 19.7 Å². The molecule has 0 aliphatic heterocycles. The molecule has 7 nitrogen and oxygen atoms in total. The first-order valence-corrected chi connectivity index (χ1v) is 10.7. The molecule has 0 aliphatic carbocycles. The van der Waals surface area contributed by atoms with Crippen LogP contribution in [0.1, 0.15) is 37.5 Å². The smallest absolute Gasteiger partial charge is 0.255 e. The highest BCUT2D eigenvalue weighted by Gasteiger charge is 2.07. The quantitative estimate of drug-likeness (QED) is 0.379. The topological polar surface area (TPSA) is 98.0 Å². The normalized spacial score (nSPS) is 11.3. The summed E-state index contributed by atoms with van der Waals surface area (Å²) in [5.74, 6) is 1.79. The van der Waals surface area contributed by atoms with Crippen LogP contribution >= 0.6 is 0 Å². The van der Waals surface area contributed by atoms with E-state index >= 15 is 0 Å². The summed E-state index contributed by atoms with van der Waals surface area (Å²) in [6.45, 7) is 10.1. The minimum atomic E-state index is -0.489. The summed E-state index contributed by atoms with van der Waals surface area (Å²) in [5, 5.41) is 6.65. The molecule has 0 bridgehead atoms. The summed E-state index contributed by atoms with van der Waals surface area (Å²) >= 11 is 0. The molecule has 168 valence electrons. The molecule has 2 aromatic rings. The van der Waals surface area contributed by atoms with Crippen molar-refractivity contribution >= 4 is 11.9 Å². The van der Waals surface area contributed by atoms with Gasteiger partial charge in [0.1, 0.15) is 11.5 Å². The molecule has 0 atom stereocenters. The maximum absolute atomic E-state index is 10.8. The van der Waals surface area contributed by atoms with Gasteiger partial charge in [0.05, 0.1) is 12.6 Å². The summed E-state index contributed by atoms with van der Waals surface area (Å²) in [4.78, 5) is 15.5. The first-order chi connectivity index (χ1) is 14.9. The molecule has 0 aromatic heterocycles. The van der Waals surface area contributed by atoms with E-state index in [1.165, 1.54) is 5.56 Å². The number of rotatable bonds is 11. The molecule has 0 saturated carbocycles. The second kappa shape index (κ2) is 12.5. The van der Waals surface area contributed by atoms with E-state index in [2.05, 4.69) is 35.8 Å². The molecular weight excluding hydrogens is 392 g/mol. The van der Waals surface area contributed by atoms with Crippen LogP contribution < -0.4 is 25.8 Å². The van der Waals surface area contributed by atoms with E-state index in [9.17, 15) is 4.79 Å². The SMILES string of the molecule is CCNC(=NCc1ccc(C)cc1OC(C)C)NCCc1ccc(OCC(N)=O)cc1. The molecule has 2 aromatic carbocycles. The Morgan fingerprint density at radius 2 is 1.87 bits per heavy atom. The summed E-state index contributed by atoms with van der Waals surface area (Å²) in [6.07, 6.45) is 0.940. The minimum Gasteiger partial charge on any atom is -0.491 e. The van der Waals surface area contributed by atoms with Gasteiger partial charge in [-0.25, -0.2) is 4.99 Å². The maximum atomic E-state index is 10.8. The third-order valence-corrected chi connectivity index (χ3v) is 4.35. The Balaban J connectivity index is 1.93. The van der Waals surface area contributed by atoms with Gasteiger partial charge in [-0.15, -0.1) is 0 Å². The average molecular weight is 427 g/mol. The van der Waals surface area contributed by atoms with Gasteiger partial charge in [0.15, 0.2) is 12.6 Å². The van der Waals surface area contributed by atoms with E-state index in [1.807, 2.05) is 45.0 Å². The Morgan fingerprint density at radius 3 is 2.52 bits per heavy atom. The number of nitrogens with one attached hydrogen (secondary N) is 2. The number of ether oxygens (including phenoxy) is 2. The van der Waals surface area contributed by atoms with Gasteiger partial charge in [-0.3, -0.25) is 4.79 Å². The molecule has 31 heavy (non-hydrogen) atoms. The van der Waals surface area contributed by atoms with Gasteiger partial charge in [-0.2, -0.15) is 0 Å². The van der Waals surface area contributed by atoms with E-state index in [1.54, 1.807) is 0 Å². The molecule has 0 heterocycles. The van der Waals surface area contributed by atoms with Crippen molar-refractivity contribution in [3.63, 3.8) is 0 Å². The van der Waals surface area contributed by atoms with Crippen LogP contribution in [0.25, 0.3) is 0 Å². The van der Waals surface area contributed by atoms with Crippen LogP contribution in [0.5, 0.6) is 11.5 Å². The lowest BCUT2D eigenvalue weighted by Gasteiger charge is -2.15. The Kier molecular flexibility index (Phi) is 9.68. The van der Waals surface area contributed by atoms with Crippen molar-refractivity contribution in [3.8, 4) is 11.5 Å². The van der Waals surface area contributed by atoms with Crippen LogP contribution in [0, 0.1) is 6.92 Å². The summed E-state index contributed by atoms with van der Waals surface area (Å²) in [6, 6.07) is 13.8. The largest absolute Gasteiger partial charge is 0.491 e. The van der Waals surface area contributed by atoms with Gasteiger partial charge in [-0.1, -0.05) is 24.3 Å². The number of aryl methyl sites for hydroxylation is 1. The van der Waals surface area contributed by atoms with E-state index in [0.29, 0.717) is 12.3 Å². The van der Waals surface area contributed by atoms with Crippen molar-refractivity contribution < 1.29 is 14.3 Å². The van der Waals surface area contributed by atoms with Crippen LogP contribution in [0.15, 0.2) is 47.5 Å². The van der Waals surface area contributed by atoms with E-state index < -0.39 is 5.91 Å². The van der Waals surface area contributed by atoms with Crippen molar-refractivity contribution in [2.24, 2.45) is 10.7 Å². The summed E-state index contributed by atoms with van der Waals surface area (Å²) in [7, 11) is 0. The van der Waals surface area contributed by atoms with Crippen molar-refractivity contribution in [1.82, 2.24) is 10.6 Å². The number of hydrogen-bond donors (Lipinski definition) is 3. The molecule has 0 fully saturated rings. The molecule has 1 amide bonds. The number of amides is 1. The Labute approximate surface area is 185 Å². The fourth-order valence-electron chi connectivity index (χ4n) is 2.89. The van der Waals surface area contributed by atoms with Crippen LogP contribution in [0.3, 0.4) is 0 Å². The first-order valence-electron chi connectivity index (χ1n) is 10.7. The number of carbonyl (C=O) groups is 1. The fraction of sp³-hybridized carbons (Fsp3) is 0.417. The Morgan fingerprint density at radius 1 is 1.13 bits per heavy atom. The van der Waals surface area contributed by atoms with Crippen molar-refractivity contribution in [2.45, 2.75) is 46.8 Å². The number of nitrogens with zero attached hydrogens (tertiary/aromatic N) is 1. The van der Waals surface area contributed by atoms with E-state index in [0.717, 1.165) is 42.3 Å². The van der Waals surface area contributed by atoms with Gasteiger partial charge in [0.25, 0.3) is 5.91 Å². The third-order valence-electron chi connectivity index (χ3n) is 4.35. The number of hydrogen-bond acceptors (Lipinski definition) is 4. The summed E-state index contributed by atoms with van der Waals surface area (Å²) in [5.41, 5.74) is 8.47. The zero-order chi connectivity index (χ0) is 22.6. The van der Waals surface area contributed by atoms with Crippen LogP contribution in [-0.4, -0.2) is 37.7 Å². The number of primary amides is 1. The molecule has 0 unspecified atom stereocenters. The molecule has 0 spiro atoms. The third kappa shape index (κ3) is 8.99. The van der Waals surface area contributed by atoms with E-state index in [-0.39, 0.29) is 12.7 Å². The Bertz CT molecular complexity index is 864. The van der Waals surface area contributed by atoms with Crippen molar-refractivity contribution in [3.05, 3.63) is 59.2 Å². The molecule has 4 N–H and O–H groups in total. The highest BCUT2D eigenvalue weighted by molar-refractivity contribution is 5.79. The lowest BCUT2D eigenvalue weighted by molar-refractivity contribution is -0.119. The lowest BCUT2D eigenvalue weighted by atomic mass is 10.1. The van der Waals surface area contributed by atoms with E-state index in [4.69, 9.17) is 20.2 Å². The molecule has 0 radical (unpaired) electrons. The predicted octanol–water partition coefficient (Wildman–Crippen LogP) is 2.94. The Hall–Kier alpha value is -3.22. The predicted molar refractivity (Wildman–Crippen MR) is 125 cm³/mol. The molecule has 7 heteroatoms. The number of aliphatic imine (C=N–C) groups is 1. The number of guanidine groups is 1. The fourth-order valence-corrected chi connectivity index (χ4v) is 2.89. The highest BCUT2D eigenvalue weighted by atomic mass is 16.5. The second-order valence-corrected chi connectivity index (χ2v) is 7.55. The van der Waals surface area contributed by atoms with Crippen LogP contribution in [-0.2, 0) is 17.8 Å². The number of benzene rings is 2. The van der Waals surface area contributed by atoms with Gasteiger partial charge in [-0.05, 0) is 63.4 Å². The molecule has 2 rings (SSSR count). The maximum Gasteiger partial charge on any atom is 0.255 e. The summed E-state index contributed by atoms with van der Waals surface area (Å²) < 4.78 is 11.2. The highest BCUT2D eigenvalue weighted by Crippen LogP contribution is 2.22. The van der Waals surface area contributed by atoms with Crippen LogP contribution in [0.4, 0.5) is 0 Å². The monoisotopic (exact) mass is 426 g/mol. The van der Waals surface area contributed by atoms with Gasteiger partial charge >= 0.3 is 0 Å². The minimum absolute atomic E-state index is 0.114. The lowest BCUT2D eigenvalue weighted by Crippen LogP contribution is -2.38. The number of carbonyl (C=O) groups excluding carboxylic acids is 1. The second-order valence-electron chi connectivity index (χ2n) is 7.55. The van der Waals surface area contributed by atoms with Gasteiger partial charge in [0.2, 0.25) is 0 Å². The van der Waals surface area contributed by atoms with Crippen LogP contribution in [0.2, 0.25) is 0 Å². The van der Waals surface area contributed by atoms with Gasteiger partial charge in [0, 0.05) is 18.7 Å². The zero-order valence-corrected chi connectivity index (χ0v) is 18.9. The zero-order valence-electron chi connectivity index (χ0n) is 18.9. The number of nitrogens with two attached hydrogens (primary N) is 1. The molecule has 0 aliphatic rings. The van der Waals surface area contributed by atoms with Gasteiger partial charge < -0.3 is 25.8 Å². The first kappa shape index (κ1) is 24.1. The average Bonchev–Trinajstić information content (AvgIpc) is 2.72.